The second-order valence-electron chi connectivity index (χ2n) is 9.03. The quantitative estimate of drug-likeness (QED) is 0.246. The fourth-order valence-electron chi connectivity index (χ4n) is 4.36. The molecule has 0 spiro atoms. The molecule has 2 aromatic carbocycles. The lowest BCUT2D eigenvalue weighted by atomic mass is 9.84. The molecule has 0 aliphatic rings. The van der Waals surface area contributed by atoms with Crippen LogP contribution in [0.4, 0.5) is 8.78 Å². The monoisotopic (exact) mass is 543 g/mol. The first kappa shape index (κ1) is 29.5. The van der Waals surface area contributed by atoms with E-state index in [-0.39, 0.29) is 30.2 Å². The zero-order valence-electron chi connectivity index (χ0n) is 22.4. The van der Waals surface area contributed by atoms with Crippen LogP contribution in [0.5, 0.6) is 17.2 Å². The number of rotatable bonds is 12. The Balaban J connectivity index is 1.90. The maximum absolute atomic E-state index is 14.2. The Labute approximate surface area is 225 Å². The van der Waals surface area contributed by atoms with Crippen molar-refractivity contribution in [3.05, 3.63) is 82.7 Å². The molecule has 3 rings (SSSR count). The number of ketones is 1. The van der Waals surface area contributed by atoms with Crippen LogP contribution in [0.1, 0.15) is 53.4 Å². The van der Waals surface area contributed by atoms with Crippen LogP contribution < -0.4 is 9.47 Å². The van der Waals surface area contributed by atoms with Crippen LogP contribution in [-0.2, 0) is 20.9 Å². The summed E-state index contributed by atoms with van der Waals surface area (Å²) in [6.45, 7) is 3.27. The van der Waals surface area contributed by atoms with Gasteiger partial charge in [0.25, 0.3) is 0 Å². The standard InChI is InChI=1S/C29H31F2NO7/c1-16(12-23(33)27-28(34)24(37-4)10-11-32-27)29(35)39-17(2)26(18-6-9-22(31)25(14-18)38-5)21-8-7-20(30)13-19(21)15-36-3/h6-11,13-14,16-17,26,34H,12,15H2,1-5H3/t16-,17+,26?/m1/s1. The highest BCUT2D eigenvalue weighted by Gasteiger charge is 2.31. The number of carbonyl (C=O) groups excluding carboxylic acids is 2. The van der Waals surface area contributed by atoms with Crippen LogP contribution in [0.3, 0.4) is 0 Å². The molecule has 0 bridgehead atoms. The van der Waals surface area contributed by atoms with E-state index >= 15 is 0 Å². The summed E-state index contributed by atoms with van der Waals surface area (Å²) < 4.78 is 49.5. The number of hydrogen-bond acceptors (Lipinski definition) is 8. The van der Waals surface area contributed by atoms with Crippen LogP contribution in [-0.4, -0.2) is 49.3 Å². The van der Waals surface area contributed by atoms with E-state index in [2.05, 4.69) is 4.98 Å². The number of aromatic hydroxyl groups is 1. The van der Waals surface area contributed by atoms with E-state index in [0.29, 0.717) is 16.7 Å². The van der Waals surface area contributed by atoms with Gasteiger partial charge in [-0.25, -0.2) is 13.8 Å². The summed E-state index contributed by atoms with van der Waals surface area (Å²) >= 11 is 0. The Morgan fingerprint density at radius 3 is 2.36 bits per heavy atom. The van der Waals surface area contributed by atoms with Crippen molar-refractivity contribution in [3.8, 4) is 17.2 Å². The number of esters is 1. The van der Waals surface area contributed by atoms with E-state index in [1.807, 2.05) is 0 Å². The molecule has 39 heavy (non-hydrogen) atoms. The van der Waals surface area contributed by atoms with Gasteiger partial charge in [-0.15, -0.1) is 0 Å². The van der Waals surface area contributed by atoms with Crippen molar-refractivity contribution in [2.24, 2.45) is 5.92 Å². The van der Waals surface area contributed by atoms with Gasteiger partial charge in [-0.1, -0.05) is 19.1 Å². The minimum Gasteiger partial charge on any atom is -0.503 e. The highest BCUT2D eigenvalue weighted by molar-refractivity contribution is 5.99. The third-order valence-electron chi connectivity index (χ3n) is 6.31. The van der Waals surface area contributed by atoms with Gasteiger partial charge in [0.15, 0.2) is 34.5 Å². The minimum absolute atomic E-state index is 0.00371. The summed E-state index contributed by atoms with van der Waals surface area (Å²) in [6, 6.07) is 9.86. The number of carbonyl (C=O) groups is 2. The molecule has 0 radical (unpaired) electrons. The summed E-state index contributed by atoms with van der Waals surface area (Å²) in [5.74, 6) is -4.14. The van der Waals surface area contributed by atoms with Gasteiger partial charge in [0.05, 0.1) is 26.7 Å². The molecular formula is C29H31F2NO7. The second-order valence-corrected chi connectivity index (χ2v) is 9.03. The maximum atomic E-state index is 14.2. The van der Waals surface area contributed by atoms with E-state index in [9.17, 15) is 23.5 Å². The SMILES string of the molecule is COCc1cc(F)ccc1C(c1ccc(F)c(OC)c1)[C@H](C)OC(=O)[C@H](C)CC(=O)c1nccc(OC)c1O. The Bertz CT molecular complexity index is 1330. The summed E-state index contributed by atoms with van der Waals surface area (Å²) in [5.41, 5.74) is 1.48. The first-order chi connectivity index (χ1) is 18.6. The molecule has 0 amide bonds. The van der Waals surface area contributed by atoms with Crippen LogP contribution in [0.2, 0.25) is 0 Å². The Kier molecular flexibility index (Phi) is 9.95. The van der Waals surface area contributed by atoms with Gasteiger partial charge < -0.3 is 24.1 Å². The average molecular weight is 544 g/mol. The van der Waals surface area contributed by atoms with E-state index in [4.69, 9.17) is 18.9 Å². The smallest absolute Gasteiger partial charge is 0.309 e. The summed E-state index contributed by atoms with van der Waals surface area (Å²) in [6.07, 6.45) is 0.216. The maximum Gasteiger partial charge on any atom is 0.309 e. The van der Waals surface area contributed by atoms with Crippen molar-refractivity contribution < 1.29 is 42.4 Å². The van der Waals surface area contributed by atoms with E-state index in [1.54, 1.807) is 13.0 Å². The van der Waals surface area contributed by atoms with E-state index < -0.39 is 47.1 Å². The van der Waals surface area contributed by atoms with Gasteiger partial charge in [-0.05, 0) is 47.9 Å². The predicted octanol–water partition coefficient (Wildman–Crippen LogP) is 5.20. The Hall–Kier alpha value is -4.05. The van der Waals surface area contributed by atoms with Crippen LogP contribution in [0.15, 0.2) is 48.7 Å². The second kappa shape index (κ2) is 13.1. The van der Waals surface area contributed by atoms with Crippen molar-refractivity contribution >= 4 is 11.8 Å². The van der Waals surface area contributed by atoms with Crippen molar-refractivity contribution in [2.45, 2.75) is 38.9 Å². The molecule has 208 valence electrons. The molecule has 8 nitrogen and oxygen atoms in total. The van der Waals surface area contributed by atoms with Gasteiger partial charge in [-0.3, -0.25) is 9.59 Å². The van der Waals surface area contributed by atoms with Crippen molar-refractivity contribution in [2.75, 3.05) is 21.3 Å². The molecular weight excluding hydrogens is 512 g/mol. The van der Waals surface area contributed by atoms with Crippen LogP contribution >= 0.6 is 0 Å². The highest BCUT2D eigenvalue weighted by atomic mass is 19.1. The zero-order valence-corrected chi connectivity index (χ0v) is 22.4. The topological polar surface area (TPSA) is 104 Å². The summed E-state index contributed by atoms with van der Waals surface area (Å²) in [7, 11) is 4.15. The number of halogens is 2. The van der Waals surface area contributed by atoms with E-state index in [0.717, 1.165) is 0 Å². The van der Waals surface area contributed by atoms with Crippen molar-refractivity contribution in [1.29, 1.82) is 0 Å². The lowest BCUT2D eigenvalue weighted by Gasteiger charge is -2.28. The van der Waals surface area contributed by atoms with Crippen LogP contribution in [0, 0.1) is 17.6 Å². The molecule has 1 unspecified atom stereocenters. The van der Waals surface area contributed by atoms with Gasteiger partial charge >= 0.3 is 5.97 Å². The first-order valence-corrected chi connectivity index (χ1v) is 12.2. The van der Waals surface area contributed by atoms with Crippen LogP contribution in [0.25, 0.3) is 0 Å². The first-order valence-electron chi connectivity index (χ1n) is 12.2. The largest absolute Gasteiger partial charge is 0.503 e. The molecule has 0 aliphatic carbocycles. The molecule has 1 heterocycles. The average Bonchev–Trinajstić information content (AvgIpc) is 2.91. The molecule has 1 N–H and O–H groups in total. The number of pyridine rings is 1. The number of ether oxygens (including phenoxy) is 4. The third-order valence-corrected chi connectivity index (χ3v) is 6.31. The van der Waals surface area contributed by atoms with Gasteiger partial charge in [0, 0.05) is 31.7 Å². The normalized spacial score (nSPS) is 13.3. The number of aromatic nitrogens is 1. The third kappa shape index (κ3) is 6.88. The molecule has 0 fully saturated rings. The number of Topliss-reactive ketones (excluding diaryl/α,β-unsaturated/α-hetero) is 1. The molecule has 0 saturated carbocycles. The molecule has 10 heteroatoms. The van der Waals surface area contributed by atoms with E-state index in [1.165, 1.54) is 70.8 Å². The fourth-order valence-corrected chi connectivity index (χ4v) is 4.36. The number of nitrogens with zero attached hydrogens (tertiary/aromatic N) is 1. The highest BCUT2D eigenvalue weighted by Crippen LogP contribution is 2.36. The number of benzene rings is 2. The zero-order chi connectivity index (χ0) is 28.7. The lowest BCUT2D eigenvalue weighted by Crippen LogP contribution is -2.28. The molecule has 0 saturated heterocycles. The molecule has 3 aromatic rings. The number of hydrogen-bond donors (Lipinski definition) is 1. The van der Waals surface area contributed by atoms with Gasteiger partial charge in [-0.2, -0.15) is 0 Å². The van der Waals surface area contributed by atoms with Crippen molar-refractivity contribution in [3.63, 3.8) is 0 Å². The number of methoxy groups -OCH3 is 3. The Morgan fingerprint density at radius 1 is 0.974 bits per heavy atom. The Morgan fingerprint density at radius 2 is 1.69 bits per heavy atom. The van der Waals surface area contributed by atoms with Gasteiger partial charge in [0.2, 0.25) is 0 Å². The summed E-state index contributed by atoms with van der Waals surface area (Å²) in [4.78, 5) is 29.8. The molecule has 0 aliphatic heterocycles. The lowest BCUT2D eigenvalue weighted by molar-refractivity contribution is -0.153. The molecule has 1 aromatic heterocycles. The van der Waals surface area contributed by atoms with Gasteiger partial charge in [0.1, 0.15) is 11.9 Å². The predicted molar refractivity (Wildman–Crippen MR) is 138 cm³/mol. The summed E-state index contributed by atoms with van der Waals surface area (Å²) in [5, 5.41) is 10.2. The van der Waals surface area contributed by atoms with Crippen molar-refractivity contribution in [1.82, 2.24) is 4.98 Å². The fraction of sp³-hybridized carbons (Fsp3) is 0.345. The molecule has 3 atom stereocenters. The minimum atomic E-state index is -0.887.